The first kappa shape index (κ1) is 11.8. The number of hydrogen-bond donors (Lipinski definition) is 1. The van der Waals surface area contributed by atoms with Crippen LogP contribution in [-0.2, 0) is 6.42 Å². The fourth-order valence-corrected chi connectivity index (χ4v) is 2.10. The minimum Gasteiger partial charge on any atom is -0.324 e. The molecule has 0 radical (unpaired) electrons. The largest absolute Gasteiger partial charge is 0.324 e. The summed E-state index contributed by atoms with van der Waals surface area (Å²) in [6, 6.07) is 12.4. The molecule has 1 atom stereocenters. The van der Waals surface area contributed by atoms with Crippen LogP contribution in [0.1, 0.15) is 28.4 Å². The molecule has 0 bridgehead atoms. The Bertz CT molecular complexity index is 492. The molecule has 1 aromatic carbocycles. The number of pyridine rings is 1. The van der Waals surface area contributed by atoms with E-state index in [9.17, 15) is 0 Å². The molecule has 0 amide bonds. The van der Waals surface area contributed by atoms with Crippen LogP contribution in [0, 0.1) is 13.8 Å². The first-order chi connectivity index (χ1) is 8.16. The second kappa shape index (κ2) is 5.11. The molecule has 0 saturated carbocycles. The van der Waals surface area contributed by atoms with Crippen LogP contribution in [-0.4, -0.2) is 4.98 Å². The molecule has 1 heterocycles. The van der Waals surface area contributed by atoms with E-state index in [2.05, 4.69) is 37.0 Å². The van der Waals surface area contributed by atoms with Crippen molar-refractivity contribution in [2.24, 2.45) is 5.73 Å². The van der Waals surface area contributed by atoms with Gasteiger partial charge in [-0.05, 0) is 37.1 Å². The Hall–Kier alpha value is -1.67. The summed E-state index contributed by atoms with van der Waals surface area (Å²) in [5.41, 5.74) is 11.0. The zero-order valence-electron chi connectivity index (χ0n) is 10.4. The van der Waals surface area contributed by atoms with Crippen molar-refractivity contribution in [1.29, 1.82) is 0 Å². The van der Waals surface area contributed by atoms with Crippen LogP contribution in [0.2, 0.25) is 0 Å². The Labute approximate surface area is 103 Å². The topological polar surface area (TPSA) is 38.9 Å². The normalized spacial score (nSPS) is 12.4. The van der Waals surface area contributed by atoms with Gasteiger partial charge in [0.05, 0.1) is 0 Å². The van der Waals surface area contributed by atoms with Crippen molar-refractivity contribution >= 4 is 0 Å². The minimum absolute atomic E-state index is 0.0190. The molecule has 0 aliphatic heterocycles. The predicted octanol–water partition coefficient (Wildman–Crippen LogP) is 2.94. The lowest BCUT2D eigenvalue weighted by Crippen LogP contribution is -2.15. The minimum atomic E-state index is 0.0190. The second-order valence-corrected chi connectivity index (χ2v) is 4.49. The third-order valence-electron chi connectivity index (χ3n) is 2.98. The van der Waals surface area contributed by atoms with Gasteiger partial charge >= 0.3 is 0 Å². The Kier molecular flexibility index (Phi) is 3.55. The van der Waals surface area contributed by atoms with Crippen molar-refractivity contribution in [2.75, 3.05) is 0 Å². The number of hydrogen-bond acceptors (Lipinski definition) is 2. The maximum absolute atomic E-state index is 6.24. The van der Waals surface area contributed by atoms with Crippen LogP contribution in [0.25, 0.3) is 0 Å². The Balaban J connectivity index is 2.17. The smallest absolute Gasteiger partial charge is 0.0422 e. The average molecular weight is 226 g/mol. The van der Waals surface area contributed by atoms with Crippen molar-refractivity contribution in [3.05, 3.63) is 65.0 Å². The fraction of sp³-hybridized carbons (Fsp3) is 0.267. The Morgan fingerprint density at radius 2 is 2.00 bits per heavy atom. The standard InChI is InChI=1S/C15H18N2/c1-11-6-7-14(12(2)9-11)15(16)10-13-5-3-4-8-17-13/h3-9,15H,10,16H2,1-2H3. The van der Waals surface area contributed by atoms with E-state index < -0.39 is 0 Å². The maximum Gasteiger partial charge on any atom is 0.0422 e. The molecular weight excluding hydrogens is 208 g/mol. The van der Waals surface area contributed by atoms with Crippen molar-refractivity contribution in [3.8, 4) is 0 Å². The van der Waals surface area contributed by atoms with Gasteiger partial charge in [-0.25, -0.2) is 0 Å². The molecule has 88 valence electrons. The lowest BCUT2D eigenvalue weighted by Gasteiger charge is -2.14. The van der Waals surface area contributed by atoms with Crippen molar-refractivity contribution in [3.63, 3.8) is 0 Å². The van der Waals surface area contributed by atoms with Crippen molar-refractivity contribution in [2.45, 2.75) is 26.3 Å². The Morgan fingerprint density at radius 1 is 1.18 bits per heavy atom. The number of aryl methyl sites for hydroxylation is 2. The lowest BCUT2D eigenvalue weighted by atomic mass is 9.96. The van der Waals surface area contributed by atoms with E-state index in [-0.39, 0.29) is 6.04 Å². The quantitative estimate of drug-likeness (QED) is 0.874. The van der Waals surface area contributed by atoms with Crippen LogP contribution >= 0.6 is 0 Å². The van der Waals surface area contributed by atoms with E-state index in [1.165, 1.54) is 16.7 Å². The molecule has 2 heteroatoms. The van der Waals surface area contributed by atoms with Crippen LogP contribution < -0.4 is 5.73 Å². The molecule has 0 fully saturated rings. The van der Waals surface area contributed by atoms with Crippen LogP contribution in [0.5, 0.6) is 0 Å². The summed E-state index contributed by atoms with van der Waals surface area (Å²) in [4.78, 5) is 4.31. The van der Waals surface area contributed by atoms with Gasteiger partial charge in [0.25, 0.3) is 0 Å². The van der Waals surface area contributed by atoms with Gasteiger partial charge in [0.1, 0.15) is 0 Å². The third-order valence-corrected chi connectivity index (χ3v) is 2.98. The van der Waals surface area contributed by atoms with E-state index in [4.69, 9.17) is 5.73 Å². The van der Waals surface area contributed by atoms with Crippen LogP contribution in [0.3, 0.4) is 0 Å². The lowest BCUT2D eigenvalue weighted by molar-refractivity contribution is 0.701. The van der Waals surface area contributed by atoms with Crippen molar-refractivity contribution < 1.29 is 0 Å². The first-order valence-electron chi connectivity index (χ1n) is 5.89. The van der Waals surface area contributed by atoms with Crippen molar-refractivity contribution in [1.82, 2.24) is 4.98 Å². The summed E-state index contributed by atoms with van der Waals surface area (Å²) in [5, 5.41) is 0. The molecule has 1 unspecified atom stereocenters. The van der Waals surface area contributed by atoms with Gasteiger partial charge < -0.3 is 5.73 Å². The predicted molar refractivity (Wildman–Crippen MR) is 70.8 cm³/mol. The van der Waals surface area contributed by atoms with Gasteiger partial charge in [0.15, 0.2) is 0 Å². The fourth-order valence-electron chi connectivity index (χ4n) is 2.10. The monoisotopic (exact) mass is 226 g/mol. The molecule has 17 heavy (non-hydrogen) atoms. The molecule has 0 spiro atoms. The SMILES string of the molecule is Cc1ccc(C(N)Cc2ccccn2)c(C)c1. The molecular formula is C15H18N2. The zero-order valence-corrected chi connectivity index (χ0v) is 10.4. The highest BCUT2D eigenvalue weighted by Gasteiger charge is 2.10. The van der Waals surface area contributed by atoms with Gasteiger partial charge in [0, 0.05) is 24.4 Å². The first-order valence-corrected chi connectivity index (χ1v) is 5.89. The molecule has 2 N–H and O–H groups in total. The summed E-state index contributed by atoms with van der Waals surface area (Å²) in [6.07, 6.45) is 2.59. The molecule has 0 aliphatic carbocycles. The molecule has 2 nitrogen and oxygen atoms in total. The molecule has 2 aromatic rings. The number of nitrogens with two attached hydrogens (primary N) is 1. The zero-order chi connectivity index (χ0) is 12.3. The average Bonchev–Trinajstić information content (AvgIpc) is 2.30. The van der Waals surface area contributed by atoms with Crippen LogP contribution in [0.4, 0.5) is 0 Å². The molecule has 1 aromatic heterocycles. The summed E-state index contributed by atoms with van der Waals surface area (Å²) in [7, 11) is 0. The highest BCUT2D eigenvalue weighted by Crippen LogP contribution is 2.19. The second-order valence-electron chi connectivity index (χ2n) is 4.49. The maximum atomic E-state index is 6.24. The van der Waals surface area contributed by atoms with Gasteiger partial charge in [-0.3, -0.25) is 4.98 Å². The van der Waals surface area contributed by atoms with Gasteiger partial charge in [-0.1, -0.05) is 29.8 Å². The number of rotatable bonds is 3. The molecule has 0 aliphatic rings. The van der Waals surface area contributed by atoms with Crippen LogP contribution in [0.15, 0.2) is 42.6 Å². The molecule has 0 saturated heterocycles. The van der Waals surface area contributed by atoms with E-state index in [0.29, 0.717) is 0 Å². The number of benzene rings is 1. The van der Waals surface area contributed by atoms with E-state index in [1.54, 1.807) is 0 Å². The highest BCUT2D eigenvalue weighted by atomic mass is 14.7. The summed E-state index contributed by atoms with van der Waals surface area (Å²) < 4.78 is 0. The summed E-state index contributed by atoms with van der Waals surface area (Å²) >= 11 is 0. The van der Waals surface area contributed by atoms with E-state index >= 15 is 0 Å². The Morgan fingerprint density at radius 3 is 2.65 bits per heavy atom. The van der Waals surface area contributed by atoms with Gasteiger partial charge in [0.2, 0.25) is 0 Å². The third kappa shape index (κ3) is 2.92. The van der Waals surface area contributed by atoms with E-state index in [0.717, 1.165) is 12.1 Å². The van der Waals surface area contributed by atoms with Gasteiger partial charge in [-0.2, -0.15) is 0 Å². The number of aromatic nitrogens is 1. The summed E-state index contributed by atoms with van der Waals surface area (Å²) in [5.74, 6) is 0. The van der Waals surface area contributed by atoms with Gasteiger partial charge in [-0.15, -0.1) is 0 Å². The molecule has 2 rings (SSSR count). The highest BCUT2D eigenvalue weighted by molar-refractivity contribution is 5.33. The number of nitrogens with zero attached hydrogens (tertiary/aromatic N) is 1. The van der Waals surface area contributed by atoms with E-state index in [1.807, 2.05) is 24.4 Å². The summed E-state index contributed by atoms with van der Waals surface area (Å²) in [6.45, 7) is 4.21.